The van der Waals surface area contributed by atoms with E-state index in [2.05, 4.69) is 24.5 Å². The summed E-state index contributed by atoms with van der Waals surface area (Å²) in [4.78, 5) is 23.6. The Morgan fingerprint density at radius 3 is 1.96 bits per heavy atom. The molecule has 126 valence electrons. The Morgan fingerprint density at radius 1 is 0.875 bits per heavy atom. The molecule has 0 aliphatic rings. The van der Waals surface area contributed by atoms with Crippen LogP contribution in [-0.2, 0) is 4.79 Å². The highest BCUT2D eigenvalue weighted by Crippen LogP contribution is 2.21. The molecule has 0 aliphatic heterocycles. The molecule has 2 aromatic rings. The van der Waals surface area contributed by atoms with Crippen LogP contribution in [0.1, 0.15) is 55.5 Å². The molecule has 24 heavy (non-hydrogen) atoms. The molecule has 2 amide bonds. The van der Waals surface area contributed by atoms with Crippen molar-refractivity contribution in [3.05, 3.63) is 59.7 Å². The van der Waals surface area contributed by atoms with Crippen molar-refractivity contribution in [2.24, 2.45) is 0 Å². The second-order valence-corrected chi connectivity index (χ2v) is 5.86. The first kappa shape index (κ1) is 17.7. The molecule has 0 heterocycles. The zero-order valence-corrected chi connectivity index (χ0v) is 14.4. The third-order valence-corrected chi connectivity index (χ3v) is 4.10. The zero-order valence-electron chi connectivity index (χ0n) is 14.4. The molecule has 2 rings (SSSR count). The summed E-state index contributed by atoms with van der Waals surface area (Å²) in [5, 5.41) is 5.65. The van der Waals surface area contributed by atoms with Crippen molar-refractivity contribution in [1.29, 1.82) is 0 Å². The third kappa shape index (κ3) is 4.69. The minimum absolute atomic E-state index is 0.0476. The van der Waals surface area contributed by atoms with Gasteiger partial charge in [0.1, 0.15) is 0 Å². The molecule has 0 aromatic heterocycles. The number of benzene rings is 2. The Bertz CT molecular complexity index is 691. The fraction of sp³-hybridized carbons (Fsp3) is 0.300. The minimum Gasteiger partial charge on any atom is -0.326 e. The highest BCUT2D eigenvalue weighted by atomic mass is 16.2. The van der Waals surface area contributed by atoms with Crippen LogP contribution in [0.15, 0.2) is 48.5 Å². The lowest BCUT2D eigenvalue weighted by atomic mass is 9.98. The van der Waals surface area contributed by atoms with Gasteiger partial charge < -0.3 is 10.6 Å². The van der Waals surface area contributed by atoms with Crippen LogP contribution < -0.4 is 10.6 Å². The van der Waals surface area contributed by atoms with E-state index in [1.54, 1.807) is 31.2 Å². The van der Waals surface area contributed by atoms with Gasteiger partial charge >= 0.3 is 0 Å². The largest absolute Gasteiger partial charge is 0.326 e. The van der Waals surface area contributed by atoms with Crippen molar-refractivity contribution in [1.82, 2.24) is 0 Å². The van der Waals surface area contributed by atoms with Gasteiger partial charge in [-0.2, -0.15) is 0 Å². The maximum absolute atomic E-state index is 12.3. The number of anilines is 2. The average molecular weight is 324 g/mol. The average Bonchev–Trinajstić information content (AvgIpc) is 2.62. The van der Waals surface area contributed by atoms with Gasteiger partial charge in [-0.25, -0.2) is 0 Å². The summed E-state index contributed by atoms with van der Waals surface area (Å²) < 4.78 is 0. The smallest absolute Gasteiger partial charge is 0.255 e. The number of hydrogen-bond donors (Lipinski definition) is 2. The topological polar surface area (TPSA) is 58.2 Å². The lowest BCUT2D eigenvalue weighted by molar-refractivity contribution is -0.115. The summed E-state index contributed by atoms with van der Waals surface area (Å²) in [5.41, 5.74) is 3.29. The van der Waals surface area contributed by atoms with Crippen LogP contribution in [0.2, 0.25) is 0 Å². The van der Waals surface area contributed by atoms with Crippen molar-refractivity contribution < 1.29 is 9.59 Å². The van der Waals surface area contributed by atoms with E-state index in [-0.39, 0.29) is 11.8 Å². The molecule has 0 saturated heterocycles. The van der Waals surface area contributed by atoms with Crippen LogP contribution in [0.3, 0.4) is 0 Å². The van der Waals surface area contributed by atoms with Gasteiger partial charge in [0.2, 0.25) is 5.91 Å². The van der Waals surface area contributed by atoms with Gasteiger partial charge in [-0.15, -0.1) is 0 Å². The van der Waals surface area contributed by atoms with Gasteiger partial charge in [-0.05, 0) is 54.3 Å². The first-order valence-electron chi connectivity index (χ1n) is 8.34. The van der Waals surface area contributed by atoms with E-state index in [9.17, 15) is 9.59 Å². The standard InChI is InChI=1S/C20H24N2O2/c1-4-14(3)15-6-10-18(11-7-15)22-20(24)16-8-12-17(13-9-16)21-19(23)5-2/h6-14H,4-5H2,1-3H3,(H,21,23)(H,22,24)/t14-/m1/s1. The highest BCUT2D eigenvalue weighted by Gasteiger charge is 2.08. The Labute approximate surface area is 143 Å². The molecule has 0 radical (unpaired) electrons. The van der Waals surface area contributed by atoms with Crippen LogP contribution in [-0.4, -0.2) is 11.8 Å². The first-order valence-corrected chi connectivity index (χ1v) is 8.34. The van der Waals surface area contributed by atoms with Crippen LogP contribution in [0, 0.1) is 0 Å². The van der Waals surface area contributed by atoms with E-state index in [1.165, 1.54) is 5.56 Å². The molecule has 0 bridgehead atoms. The molecule has 0 unspecified atom stereocenters. The Morgan fingerprint density at radius 2 is 1.42 bits per heavy atom. The van der Waals surface area contributed by atoms with Crippen molar-refractivity contribution in [2.75, 3.05) is 10.6 Å². The van der Waals surface area contributed by atoms with Crippen LogP contribution in [0.25, 0.3) is 0 Å². The lowest BCUT2D eigenvalue weighted by Gasteiger charge is -2.11. The molecule has 2 aromatic carbocycles. The number of carbonyl (C=O) groups excluding carboxylic acids is 2. The SMILES string of the molecule is CCC(=O)Nc1ccc(C(=O)Nc2ccc([C@H](C)CC)cc2)cc1. The molecule has 0 spiro atoms. The molecule has 0 aliphatic carbocycles. The fourth-order valence-electron chi connectivity index (χ4n) is 2.29. The summed E-state index contributed by atoms with van der Waals surface area (Å²) in [6.45, 7) is 6.14. The Hall–Kier alpha value is -2.62. The zero-order chi connectivity index (χ0) is 17.5. The molecule has 0 saturated carbocycles. The number of nitrogens with one attached hydrogen (secondary N) is 2. The summed E-state index contributed by atoms with van der Waals surface area (Å²) in [5.74, 6) is 0.300. The Balaban J connectivity index is 2.00. The fourth-order valence-corrected chi connectivity index (χ4v) is 2.29. The summed E-state index contributed by atoms with van der Waals surface area (Å²) in [7, 11) is 0. The van der Waals surface area contributed by atoms with Crippen molar-refractivity contribution in [3.8, 4) is 0 Å². The van der Waals surface area contributed by atoms with Gasteiger partial charge in [0, 0.05) is 23.4 Å². The van der Waals surface area contributed by atoms with Gasteiger partial charge in [0.25, 0.3) is 5.91 Å². The molecule has 1 atom stereocenters. The van der Waals surface area contributed by atoms with Gasteiger partial charge in [0.05, 0.1) is 0 Å². The summed E-state index contributed by atoms with van der Waals surface area (Å²) >= 11 is 0. The molecule has 2 N–H and O–H groups in total. The molecule has 4 heteroatoms. The van der Waals surface area contributed by atoms with Gasteiger partial charge in [0.15, 0.2) is 0 Å². The number of amides is 2. The highest BCUT2D eigenvalue weighted by molar-refractivity contribution is 6.04. The monoisotopic (exact) mass is 324 g/mol. The first-order chi connectivity index (χ1) is 11.5. The lowest BCUT2D eigenvalue weighted by Crippen LogP contribution is -2.13. The quantitative estimate of drug-likeness (QED) is 0.802. The van der Waals surface area contributed by atoms with Gasteiger partial charge in [-0.1, -0.05) is 32.9 Å². The van der Waals surface area contributed by atoms with Crippen LogP contribution in [0.4, 0.5) is 11.4 Å². The third-order valence-electron chi connectivity index (χ3n) is 4.10. The Kier molecular flexibility index (Phi) is 6.13. The minimum atomic E-state index is -0.167. The maximum atomic E-state index is 12.3. The van der Waals surface area contributed by atoms with E-state index < -0.39 is 0 Å². The number of carbonyl (C=O) groups is 2. The molecule has 4 nitrogen and oxygen atoms in total. The van der Waals surface area contributed by atoms with Crippen LogP contribution >= 0.6 is 0 Å². The number of hydrogen-bond acceptors (Lipinski definition) is 2. The summed E-state index contributed by atoms with van der Waals surface area (Å²) in [6, 6.07) is 14.8. The number of rotatable bonds is 6. The van der Waals surface area contributed by atoms with E-state index >= 15 is 0 Å². The van der Waals surface area contributed by atoms with Crippen molar-refractivity contribution >= 4 is 23.2 Å². The molecular formula is C20H24N2O2. The normalized spacial score (nSPS) is 11.6. The molecular weight excluding hydrogens is 300 g/mol. The van der Waals surface area contributed by atoms with E-state index in [0.29, 0.717) is 23.6 Å². The van der Waals surface area contributed by atoms with Crippen LogP contribution in [0.5, 0.6) is 0 Å². The van der Waals surface area contributed by atoms with E-state index in [4.69, 9.17) is 0 Å². The molecule has 0 fully saturated rings. The van der Waals surface area contributed by atoms with Gasteiger partial charge in [-0.3, -0.25) is 9.59 Å². The predicted octanol–water partition coefficient (Wildman–Crippen LogP) is 4.80. The summed E-state index contributed by atoms with van der Waals surface area (Å²) in [6.07, 6.45) is 1.52. The van der Waals surface area contributed by atoms with E-state index in [0.717, 1.165) is 12.1 Å². The maximum Gasteiger partial charge on any atom is 0.255 e. The second kappa shape index (κ2) is 8.29. The second-order valence-electron chi connectivity index (χ2n) is 5.86. The van der Waals surface area contributed by atoms with Crippen molar-refractivity contribution in [2.45, 2.75) is 39.5 Å². The predicted molar refractivity (Wildman–Crippen MR) is 98.5 cm³/mol. The van der Waals surface area contributed by atoms with Crippen molar-refractivity contribution in [3.63, 3.8) is 0 Å². The van der Waals surface area contributed by atoms with E-state index in [1.807, 2.05) is 24.3 Å².